The second kappa shape index (κ2) is 4.56. The molecule has 4 nitrogen and oxygen atoms in total. The van der Waals surface area contributed by atoms with Crippen LogP contribution in [0.25, 0.3) is 0 Å². The van der Waals surface area contributed by atoms with E-state index in [1.54, 1.807) is 0 Å². The molecule has 0 spiro atoms. The number of rotatable bonds is 3. The molecule has 0 unspecified atom stereocenters. The van der Waals surface area contributed by atoms with Crippen molar-refractivity contribution in [2.75, 3.05) is 12.4 Å². The van der Waals surface area contributed by atoms with E-state index in [9.17, 15) is 8.78 Å². The van der Waals surface area contributed by atoms with Gasteiger partial charge >= 0.3 is 6.61 Å². The van der Waals surface area contributed by atoms with Gasteiger partial charge in [-0.15, -0.1) is 0 Å². The zero-order chi connectivity index (χ0) is 10.7. The Morgan fingerprint density at radius 1 is 1.29 bits per heavy atom. The minimum absolute atomic E-state index is 0.126. The highest BCUT2D eigenvalue weighted by Gasteiger charge is 2.16. The first-order chi connectivity index (χ1) is 6.54. The van der Waals surface area contributed by atoms with Gasteiger partial charge in [-0.3, -0.25) is 0 Å². The molecule has 0 amide bonds. The van der Waals surface area contributed by atoms with Crippen molar-refractivity contribution in [3.8, 4) is 5.75 Å². The van der Waals surface area contributed by atoms with E-state index in [0.29, 0.717) is 0 Å². The molecule has 0 atom stereocenters. The summed E-state index contributed by atoms with van der Waals surface area (Å²) in [4.78, 5) is 7.21. The Bertz CT molecular complexity index is 314. The van der Waals surface area contributed by atoms with Gasteiger partial charge in [-0.1, -0.05) is 23.2 Å². The molecule has 1 N–H and O–H groups in total. The van der Waals surface area contributed by atoms with Gasteiger partial charge in [0.15, 0.2) is 10.3 Å². The fourth-order valence-corrected chi connectivity index (χ4v) is 1.17. The summed E-state index contributed by atoms with van der Waals surface area (Å²) in [5, 5.41) is 2.02. The third kappa shape index (κ3) is 2.55. The van der Waals surface area contributed by atoms with E-state index >= 15 is 0 Å². The lowest BCUT2D eigenvalue weighted by Crippen LogP contribution is -2.06. The van der Waals surface area contributed by atoms with Crippen LogP contribution in [0.2, 0.25) is 10.3 Å². The van der Waals surface area contributed by atoms with Crippen molar-refractivity contribution in [3.63, 3.8) is 0 Å². The summed E-state index contributed by atoms with van der Waals surface area (Å²) >= 11 is 11.0. The lowest BCUT2D eigenvalue weighted by molar-refractivity contribution is -0.0501. The van der Waals surface area contributed by atoms with Crippen molar-refractivity contribution in [1.82, 2.24) is 9.97 Å². The molecule has 0 aromatic carbocycles. The van der Waals surface area contributed by atoms with Crippen LogP contribution >= 0.6 is 23.2 Å². The molecule has 1 rings (SSSR count). The molecule has 1 aromatic heterocycles. The van der Waals surface area contributed by atoms with Crippen molar-refractivity contribution < 1.29 is 13.5 Å². The maximum atomic E-state index is 11.9. The number of halogens is 4. The van der Waals surface area contributed by atoms with Crippen LogP contribution in [0.3, 0.4) is 0 Å². The Balaban J connectivity index is 3.05. The quantitative estimate of drug-likeness (QED) is 0.829. The molecule has 8 heteroatoms. The molecule has 0 saturated carbocycles. The van der Waals surface area contributed by atoms with Crippen LogP contribution in [-0.4, -0.2) is 23.6 Å². The molecular formula is C6H5Cl2F2N3O. The highest BCUT2D eigenvalue weighted by atomic mass is 35.5. The molecule has 1 heterocycles. The molecule has 1 aromatic rings. The first-order valence-corrected chi connectivity index (χ1v) is 4.15. The number of ether oxygens (including phenoxy) is 1. The lowest BCUT2D eigenvalue weighted by Gasteiger charge is -2.08. The third-order valence-electron chi connectivity index (χ3n) is 1.21. The van der Waals surface area contributed by atoms with Crippen LogP contribution in [-0.2, 0) is 0 Å². The highest BCUT2D eigenvalue weighted by molar-refractivity contribution is 6.35. The summed E-state index contributed by atoms with van der Waals surface area (Å²) < 4.78 is 27.7. The molecule has 0 aliphatic heterocycles. The summed E-state index contributed by atoms with van der Waals surface area (Å²) in [5.41, 5.74) is 0. The van der Waals surface area contributed by atoms with Crippen LogP contribution in [0.5, 0.6) is 5.75 Å². The molecule has 0 fully saturated rings. The molecule has 0 saturated heterocycles. The predicted molar refractivity (Wildman–Crippen MR) is 48.2 cm³/mol. The molecule has 0 aliphatic rings. The Hall–Kier alpha value is -0.880. The number of nitrogens with zero attached hydrogens (tertiary/aromatic N) is 2. The summed E-state index contributed by atoms with van der Waals surface area (Å²) in [6.07, 6.45) is 0. The van der Waals surface area contributed by atoms with Crippen molar-refractivity contribution in [3.05, 3.63) is 10.3 Å². The monoisotopic (exact) mass is 243 g/mol. The van der Waals surface area contributed by atoms with Gasteiger partial charge in [0, 0.05) is 7.05 Å². The largest absolute Gasteiger partial charge is 0.428 e. The van der Waals surface area contributed by atoms with Crippen LogP contribution in [0.4, 0.5) is 14.7 Å². The summed E-state index contributed by atoms with van der Waals surface area (Å²) in [7, 11) is 1.54. The standard InChI is InChI=1S/C6H5Cl2F2N3O/c1-11-6-12-3(7)2(4(8)13-6)14-5(9)10/h5H,1H3,(H,11,12,13). The second-order valence-electron chi connectivity index (χ2n) is 2.09. The smallest absolute Gasteiger partial charge is 0.387 e. The summed E-state index contributed by atoms with van der Waals surface area (Å²) in [6.45, 7) is -3.02. The van der Waals surface area contributed by atoms with Gasteiger partial charge < -0.3 is 10.1 Å². The lowest BCUT2D eigenvalue weighted by atomic mass is 10.6. The van der Waals surface area contributed by atoms with Gasteiger partial charge in [0.2, 0.25) is 11.7 Å². The average molecular weight is 244 g/mol. The molecule has 0 aliphatic carbocycles. The minimum atomic E-state index is -3.02. The van der Waals surface area contributed by atoms with Crippen molar-refractivity contribution in [2.24, 2.45) is 0 Å². The van der Waals surface area contributed by atoms with Crippen molar-refractivity contribution in [2.45, 2.75) is 6.61 Å². The molecule has 0 bridgehead atoms. The van der Waals surface area contributed by atoms with Crippen LogP contribution in [0.15, 0.2) is 0 Å². The van der Waals surface area contributed by atoms with Gasteiger partial charge in [-0.2, -0.15) is 18.7 Å². The van der Waals surface area contributed by atoms with E-state index in [-0.39, 0.29) is 16.3 Å². The van der Waals surface area contributed by atoms with E-state index in [0.717, 1.165) is 0 Å². The summed E-state index contributed by atoms with van der Waals surface area (Å²) in [5.74, 6) is -0.302. The van der Waals surface area contributed by atoms with E-state index in [1.807, 2.05) is 0 Å². The van der Waals surface area contributed by atoms with E-state index in [1.165, 1.54) is 7.05 Å². The Labute approximate surface area is 88.2 Å². The topological polar surface area (TPSA) is 47.0 Å². The highest BCUT2D eigenvalue weighted by Crippen LogP contribution is 2.31. The van der Waals surface area contributed by atoms with Crippen molar-refractivity contribution in [1.29, 1.82) is 0 Å². The Kier molecular flexibility index (Phi) is 3.65. The van der Waals surface area contributed by atoms with Gasteiger partial charge in [0.25, 0.3) is 0 Å². The molecule has 0 radical (unpaired) electrons. The Morgan fingerprint density at radius 2 is 1.79 bits per heavy atom. The normalized spacial score (nSPS) is 10.4. The number of nitrogens with one attached hydrogen (secondary N) is 1. The SMILES string of the molecule is CNc1nc(Cl)c(OC(F)F)c(Cl)n1. The maximum absolute atomic E-state index is 11.9. The second-order valence-corrected chi connectivity index (χ2v) is 2.80. The van der Waals surface area contributed by atoms with Gasteiger partial charge in [-0.25, -0.2) is 0 Å². The molecule has 78 valence electrons. The van der Waals surface area contributed by atoms with E-state index < -0.39 is 12.4 Å². The number of alkyl halides is 2. The van der Waals surface area contributed by atoms with Gasteiger partial charge in [-0.05, 0) is 0 Å². The number of hydrogen-bond donors (Lipinski definition) is 1. The zero-order valence-corrected chi connectivity index (χ0v) is 8.40. The Morgan fingerprint density at radius 3 is 2.14 bits per heavy atom. The fraction of sp³-hybridized carbons (Fsp3) is 0.333. The van der Waals surface area contributed by atoms with Crippen molar-refractivity contribution >= 4 is 29.2 Å². The molecular weight excluding hydrogens is 239 g/mol. The first-order valence-electron chi connectivity index (χ1n) is 3.40. The third-order valence-corrected chi connectivity index (χ3v) is 1.73. The van der Waals surface area contributed by atoms with Gasteiger partial charge in [0.05, 0.1) is 0 Å². The van der Waals surface area contributed by atoms with E-state index in [2.05, 4.69) is 20.0 Å². The maximum Gasteiger partial charge on any atom is 0.387 e. The number of anilines is 1. The summed E-state index contributed by atoms with van der Waals surface area (Å²) in [6, 6.07) is 0. The van der Waals surface area contributed by atoms with Gasteiger partial charge in [0.1, 0.15) is 0 Å². The predicted octanol–water partition coefficient (Wildman–Crippen LogP) is 2.43. The number of hydrogen-bond acceptors (Lipinski definition) is 4. The fourth-order valence-electron chi connectivity index (χ4n) is 0.696. The zero-order valence-electron chi connectivity index (χ0n) is 6.89. The number of aromatic nitrogens is 2. The minimum Gasteiger partial charge on any atom is -0.428 e. The molecule has 14 heavy (non-hydrogen) atoms. The first kappa shape index (κ1) is 11.2. The van der Waals surface area contributed by atoms with Crippen LogP contribution < -0.4 is 10.1 Å². The van der Waals surface area contributed by atoms with Crippen LogP contribution in [0, 0.1) is 0 Å². The average Bonchev–Trinajstić information content (AvgIpc) is 2.10. The van der Waals surface area contributed by atoms with E-state index in [4.69, 9.17) is 23.2 Å². The van der Waals surface area contributed by atoms with Crippen LogP contribution in [0.1, 0.15) is 0 Å².